The minimum atomic E-state index is -3.47. The number of para-hydroxylation sites is 1. The van der Waals surface area contributed by atoms with E-state index in [-0.39, 0.29) is 10.9 Å². The van der Waals surface area contributed by atoms with Crippen molar-refractivity contribution in [2.75, 3.05) is 19.4 Å². The van der Waals surface area contributed by atoms with Crippen molar-refractivity contribution in [3.63, 3.8) is 0 Å². The Balaban J connectivity index is 2.21. The number of nitrogens with one attached hydrogen (secondary N) is 1. The number of rotatable bonds is 6. The molecule has 2 aromatic rings. The molecule has 6 heteroatoms. The Morgan fingerprint density at radius 1 is 1.19 bits per heavy atom. The Bertz CT molecular complexity index is 679. The minimum absolute atomic E-state index is 0.0506. The van der Waals surface area contributed by atoms with E-state index in [9.17, 15) is 8.42 Å². The predicted octanol–water partition coefficient (Wildman–Crippen LogP) is 2.57. The van der Waals surface area contributed by atoms with Crippen LogP contribution in [0.25, 0.3) is 0 Å². The summed E-state index contributed by atoms with van der Waals surface area (Å²) < 4.78 is 31.2. The normalized spacial score (nSPS) is 13.3. The first-order valence-electron chi connectivity index (χ1n) is 6.71. The van der Waals surface area contributed by atoms with Gasteiger partial charge in [0, 0.05) is 26.6 Å². The molecule has 0 aliphatic rings. The fourth-order valence-electron chi connectivity index (χ4n) is 2.05. The average molecular weight is 308 g/mol. The molecule has 0 bridgehead atoms. The molecule has 1 atom stereocenters. The monoisotopic (exact) mass is 308 g/mol. The van der Waals surface area contributed by atoms with Gasteiger partial charge in [-0.15, -0.1) is 0 Å². The summed E-state index contributed by atoms with van der Waals surface area (Å²) in [5, 5.41) is 3.24. The van der Waals surface area contributed by atoms with Gasteiger partial charge in [0.05, 0.1) is 12.0 Å². The molecule has 0 aliphatic heterocycles. The highest BCUT2D eigenvalue weighted by molar-refractivity contribution is 7.89. The largest absolute Gasteiger partial charge is 0.469 e. The number of sulfonamides is 1. The summed E-state index contributed by atoms with van der Waals surface area (Å²) in [7, 11) is -0.415. The minimum Gasteiger partial charge on any atom is -0.469 e. The summed E-state index contributed by atoms with van der Waals surface area (Å²) in [6.07, 6.45) is 2.32. The molecule has 114 valence electrons. The van der Waals surface area contributed by atoms with E-state index >= 15 is 0 Å². The van der Waals surface area contributed by atoms with Gasteiger partial charge in [-0.2, -0.15) is 0 Å². The van der Waals surface area contributed by atoms with Crippen molar-refractivity contribution >= 4 is 15.7 Å². The molecule has 0 radical (unpaired) electrons. The van der Waals surface area contributed by atoms with Gasteiger partial charge in [0.15, 0.2) is 0 Å². The maximum absolute atomic E-state index is 12.3. The van der Waals surface area contributed by atoms with E-state index in [1.807, 2.05) is 25.1 Å². The first-order chi connectivity index (χ1) is 9.91. The highest BCUT2D eigenvalue weighted by atomic mass is 32.2. The molecule has 0 fully saturated rings. The van der Waals surface area contributed by atoms with Gasteiger partial charge in [-0.3, -0.25) is 0 Å². The molecular weight excluding hydrogens is 288 g/mol. The summed E-state index contributed by atoms with van der Waals surface area (Å²) in [5.41, 5.74) is 0.602. The summed E-state index contributed by atoms with van der Waals surface area (Å²) in [4.78, 5) is 0.279. The van der Waals surface area contributed by atoms with Crippen molar-refractivity contribution in [2.45, 2.75) is 24.3 Å². The van der Waals surface area contributed by atoms with E-state index in [0.717, 1.165) is 5.76 Å². The van der Waals surface area contributed by atoms with Crippen LogP contribution in [0.5, 0.6) is 0 Å². The van der Waals surface area contributed by atoms with Gasteiger partial charge in [0.2, 0.25) is 10.0 Å². The summed E-state index contributed by atoms with van der Waals surface area (Å²) in [6.45, 7) is 1.99. The van der Waals surface area contributed by atoms with Crippen molar-refractivity contribution in [3.8, 4) is 0 Å². The van der Waals surface area contributed by atoms with Crippen LogP contribution in [0.3, 0.4) is 0 Å². The molecule has 0 aliphatic carbocycles. The molecule has 1 heterocycles. The van der Waals surface area contributed by atoms with Crippen LogP contribution in [0.1, 0.15) is 12.7 Å². The fraction of sp³-hybridized carbons (Fsp3) is 0.333. The third-order valence-corrected chi connectivity index (χ3v) is 5.01. The van der Waals surface area contributed by atoms with Crippen LogP contribution in [-0.2, 0) is 16.4 Å². The second kappa shape index (κ2) is 6.32. The predicted molar refractivity (Wildman–Crippen MR) is 82.8 cm³/mol. The standard InChI is InChI=1S/C15H20N2O3S/c1-12(11-13-7-6-10-20-13)16-14-8-4-5-9-15(14)21(18,19)17(2)3/h4-10,12,16H,11H2,1-3H3. The highest BCUT2D eigenvalue weighted by Crippen LogP contribution is 2.24. The highest BCUT2D eigenvalue weighted by Gasteiger charge is 2.21. The Hall–Kier alpha value is -1.79. The number of anilines is 1. The van der Waals surface area contributed by atoms with Gasteiger partial charge >= 0.3 is 0 Å². The van der Waals surface area contributed by atoms with Gasteiger partial charge < -0.3 is 9.73 Å². The lowest BCUT2D eigenvalue weighted by Crippen LogP contribution is -2.25. The number of hydrogen-bond acceptors (Lipinski definition) is 4. The molecule has 0 amide bonds. The van der Waals surface area contributed by atoms with Gasteiger partial charge in [0.1, 0.15) is 10.7 Å². The van der Waals surface area contributed by atoms with Crippen LogP contribution < -0.4 is 5.32 Å². The summed E-state index contributed by atoms with van der Waals surface area (Å²) >= 11 is 0. The molecule has 0 saturated carbocycles. The van der Waals surface area contributed by atoms with Gasteiger partial charge in [-0.1, -0.05) is 12.1 Å². The third kappa shape index (κ3) is 3.65. The smallest absolute Gasteiger partial charge is 0.244 e. The zero-order chi connectivity index (χ0) is 15.5. The molecular formula is C15H20N2O3S. The van der Waals surface area contributed by atoms with Crippen LogP contribution in [0.4, 0.5) is 5.69 Å². The molecule has 2 rings (SSSR count). The van der Waals surface area contributed by atoms with Crippen LogP contribution in [0.2, 0.25) is 0 Å². The lowest BCUT2D eigenvalue weighted by Gasteiger charge is -2.19. The molecule has 0 spiro atoms. The quantitative estimate of drug-likeness (QED) is 0.891. The Morgan fingerprint density at radius 3 is 2.52 bits per heavy atom. The first kappa shape index (κ1) is 15.6. The molecule has 21 heavy (non-hydrogen) atoms. The van der Waals surface area contributed by atoms with Crippen molar-refractivity contribution in [2.24, 2.45) is 0 Å². The van der Waals surface area contributed by atoms with Crippen LogP contribution in [0, 0.1) is 0 Å². The Labute approximate surface area is 125 Å². The number of benzene rings is 1. The zero-order valence-electron chi connectivity index (χ0n) is 12.4. The second-order valence-corrected chi connectivity index (χ2v) is 7.23. The van der Waals surface area contributed by atoms with Crippen LogP contribution in [0.15, 0.2) is 52.0 Å². The topological polar surface area (TPSA) is 62.6 Å². The third-order valence-electron chi connectivity index (χ3n) is 3.14. The van der Waals surface area contributed by atoms with Crippen LogP contribution >= 0.6 is 0 Å². The fourth-order valence-corrected chi connectivity index (χ4v) is 3.10. The molecule has 1 aromatic heterocycles. The molecule has 1 unspecified atom stereocenters. The lowest BCUT2D eigenvalue weighted by molar-refractivity contribution is 0.497. The lowest BCUT2D eigenvalue weighted by atomic mass is 10.2. The first-order valence-corrected chi connectivity index (χ1v) is 8.15. The van der Waals surface area contributed by atoms with E-state index in [1.165, 1.54) is 18.4 Å². The van der Waals surface area contributed by atoms with Gasteiger partial charge in [-0.05, 0) is 31.2 Å². The van der Waals surface area contributed by atoms with Crippen molar-refractivity contribution in [1.29, 1.82) is 0 Å². The second-order valence-electron chi connectivity index (χ2n) is 5.11. The molecule has 1 aromatic carbocycles. The Kier molecular flexibility index (Phi) is 4.69. The molecule has 0 saturated heterocycles. The van der Waals surface area contributed by atoms with Crippen molar-refractivity contribution < 1.29 is 12.8 Å². The zero-order valence-corrected chi connectivity index (χ0v) is 13.2. The van der Waals surface area contributed by atoms with Crippen molar-refractivity contribution in [1.82, 2.24) is 4.31 Å². The van der Waals surface area contributed by atoms with Crippen molar-refractivity contribution in [3.05, 3.63) is 48.4 Å². The Morgan fingerprint density at radius 2 is 1.90 bits per heavy atom. The van der Waals surface area contributed by atoms with Gasteiger partial charge in [0.25, 0.3) is 0 Å². The van der Waals surface area contributed by atoms with Gasteiger partial charge in [-0.25, -0.2) is 12.7 Å². The molecule has 5 nitrogen and oxygen atoms in total. The van der Waals surface area contributed by atoms with E-state index < -0.39 is 10.0 Å². The number of hydrogen-bond donors (Lipinski definition) is 1. The maximum atomic E-state index is 12.3. The van der Waals surface area contributed by atoms with E-state index in [2.05, 4.69) is 5.32 Å². The number of nitrogens with zero attached hydrogens (tertiary/aromatic N) is 1. The van der Waals surface area contributed by atoms with E-state index in [4.69, 9.17) is 4.42 Å². The SMILES string of the molecule is CC(Cc1ccco1)Nc1ccccc1S(=O)(=O)N(C)C. The van der Waals surface area contributed by atoms with Crippen LogP contribution in [-0.4, -0.2) is 32.9 Å². The van der Waals surface area contributed by atoms with E-state index in [1.54, 1.807) is 24.5 Å². The maximum Gasteiger partial charge on any atom is 0.244 e. The summed E-state index contributed by atoms with van der Waals surface area (Å²) in [5.74, 6) is 0.864. The number of furan rings is 1. The average Bonchev–Trinajstić information content (AvgIpc) is 2.91. The van der Waals surface area contributed by atoms with E-state index in [0.29, 0.717) is 12.1 Å². The molecule has 1 N–H and O–H groups in total. The summed E-state index contributed by atoms with van der Waals surface area (Å²) in [6, 6.07) is 10.7.